The lowest BCUT2D eigenvalue weighted by Crippen LogP contribution is -2.49. The Morgan fingerprint density at radius 2 is 1.96 bits per heavy atom. The molecule has 1 heterocycles. The lowest BCUT2D eigenvalue weighted by Gasteiger charge is -2.36. The SMILES string of the molecule is COc1ccccc1-c1cccc(CC2(C(=O)N[C@@H](C)CO)CCOCC2)c1. The highest BCUT2D eigenvalue weighted by Crippen LogP contribution is 2.37. The van der Waals surface area contributed by atoms with Crippen molar-refractivity contribution in [1.29, 1.82) is 0 Å². The van der Waals surface area contributed by atoms with Crippen molar-refractivity contribution in [3.05, 3.63) is 54.1 Å². The molecule has 2 aromatic carbocycles. The van der Waals surface area contributed by atoms with Crippen LogP contribution in [0.15, 0.2) is 48.5 Å². The van der Waals surface area contributed by atoms with Gasteiger partial charge >= 0.3 is 0 Å². The molecule has 0 spiro atoms. The topological polar surface area (TPSA) is 67.8 Å². The first-order valence-electron chi connectivity index (χ1n) is 9.80. The molecule has 150 valence electrons. The van der Waals surface area contributed by atoms with Crippen molar-refractivity contribution in [2.24, 2.45) is 5.41 Å². The van der Waals surface area contributed by atoms with Gasteiger partial charge in [-0.05, 0) is 43.4 Å². The molecule has 1 aliphatic rings. The number of hydrogen-bond acceptors (Lipinski definition) is 4. The van der Waals surface area contributed by atoms with Crippen LogP contribution in [0.2, 0.25) is 0 Å². The molecule has 0 aliphatic carbocycles. The summed E-state index contributed by atoms with van der Waals surface area (Å²) in [5, 5.41) is 12.3. The molecule has 2 N–H and O–H groups in total. The van der Waals surface area contributed by atoms with Crippen LogP contribution in [0.5, 0.6) is 5.75 Å². The monoisotopic (exact) mass is 383 g/mol. The van der Waals surface area contributed by atoms with Crippen molar-refractivity contribution in [2.45, 2.75) is 32.2 Å². The summed E-state index contributed by atoms with van der Waals surface area (Å²) in [5.74, 6) is 0.829. The molecular weight excluding hydrogens is 354 g/mol. The fourth-order valence-electron chi connectivity index (χ4n) is 3.79. The van der Waals surface area contributed by atoms with E-state index >= 15 is 0 Å². The Morgan fingerprint density at radius 3 is 2.68 bits per heavy atom. The smallest absolute Gasteiger partial charge is 0.227 e. The Bertz CT molecular complexity index is 799. The van der Waals surface area contributed by atoms with E-state index in [4.69, 9.17) is 9.47 Å². The fourth-order valence-corrected chi connectivity index (χ4v) is 3.79. The molecule has 2 aromatic rings. The third kappa shape index (κ3) is 4.54. The van der Waals surface area contributed by atoms with Gasteiger partial charge in [-0.15, -0.1) is 0 Å². The first-order valence-corrected chi connectivity index (χ1v) is 9.80. The van der Waals surface area contributed by atoms with E-state index in [-0.39, 0.29) is 18.6 Å². The Morgan fingerprint density at radius 1 is 1.21 bits per heavy atom. The number of carbonyl (C=O) groups excluding carboxylic acids is 1. The van der Waals surface area contributed by atoms with Crippen LogP contribution in [0.25, 0.3) is 11.1 Å². The van der Waals surface area contributed by atoms with E-state index in [0.717, 1.165) is 22.4 Å². The van der Waals surface area contributed by atoms with Crippen molar-refractivity contribution in [3.63, 3.8) is 0 Å². The minimum absolute atomic E-state index is 0.0000414. The van der Waals surface area contributed by atoms with Gasteiger partial charge in [-0.3, -0.25) is 4.79 Å². The van der Waals surface area contributed by atoms with Crippen LogP contribution >= 0.6 is 0 Å². The van der Waals surface area contributed by atoms with Crippen molar-refractivity contribution in [2.75, 3.05) is 26.9 Å². The fraction of sp³-hybridized carbons (Fsp3) is 0.435. The number of aliphatic hydroxyl groups is 1. The second kappa shape index (κ2) is 9.22. The molecular formula is C23H29NO4. The van der Waals surface area contributed by atoms with E-state index in [0.29, 0.717) is 32.5 Å². The Labute approximate surface area is 166 Å². The number of para-hydroxylation sites is 1. The first-order chi connectivity index (χ1) is 13.6. The van der Waals surface area contributed by atoms with Gasteiger partial charge in [0.1, 0.15) is 5.75 Å². The molecule has 0 radical (unpaired) electrons. The van der Waals surface area contributed by atoms with Gasteiger partial charge in [0.25, 0.3) is 0 Å². The van der Waals surface area contributed by atoms with Crippen LogP contribution in [0.3, 0.4) is 0 Å². The number of benzene rings is 2. The Hall–Kier alpha value is -2.37. The van der Waals surface area contributed by atoms with Crippen LogP contribution in [-0.4, -0.2) is 44.0 Å². The molecule has 5 nitrogen and oxygen atoms in total. The number of nitrogens with one attached hydrogen (secondary N) is 1. The predicted molar refractivity (Wildman–Crippen MR) is 109 cm³/mol. The lowest BCUT2D eigenvalue weighted by molar-refractivity contribution is -0.137. The highest BCUT2D eigenvalue weighted by atomic mass is 16.5. The summed E-state index contributed by atoms with van der Waals surface area (Å²) >= 11 is 0. The third-order valence-electron chi connectivity index (χ3n) is 5.47. The van der Waals surface area contributed by atoms with E-state index in [2.05, 4.69) is 23.5 Å². The summed E-state index contributed by atoms with van der Waals surface area (Å²) in [4.78, 5) is 13.1. The molecule has 1 aliphatic heterocycles. The van der Waals surface area contributed by atoms with E-state index in [1.807, 2.05) is 37.3 Å². The summed E-state index contributed by atoms with van der Waals surface area (Å²) in [5.41, 5.74) is 2.70. The van der Waals surface area contributed by atoms with Gasteiger partial charge in [0, 0.05) is 24.8 Å². The highest BCUT2D eigenvalue weighted by molar-refractivity contribution is 5.83. The number of aliphatic hydroxyl groups excluding tert-OH is 1. The normalized spacial score (nSPS) is 17.0. The van der Waals surface area contributed by atoms with Crippen molar-refractivity contribution >= 4 is 5.91 Å². The summed E-state index contributed by atoms with van der Waals surface area (Å²) in [6.45, 7) is 2.90. The average molecular weight is 383 g/mol. The van der Waals surface area contributed by atoms with Crippen molar-refractivity contribution in [1.82, 2.24) is 5.32 Å². The third-order valence-corrected chi connectivity index (χ3v) is 5.47. The second-order valence-corrected chi connectivity index (χ2v) is 7.53. The minimum Gasteiger partial charge on any atom is -0.496 e. The van der Waals surface area contributed by atoms with Gasteiger partial charge in [0.05, 0.1) is 19.1 Å². The number of carbonyl (C=O) groups is 1. The van der Waals surface area contributed by atoms with Crippen LogP contribution in [0.1, 0.15) is 25.3 Å². The zero-order chi connectivity index (χ0) is 20.0. The van der Waals surface area contributed by atoms with Gasteiger partial charge in [-0.1, -0.05) is 42.5 Å². The van der Waals surface area contributed by atoms with Crippen molar-refractivity contribution < 1.29 is 19.4 Å². The summed E-state index contributed by atoms with van der Waals surface area (Å²) in [6.07, 6.45) is 2.00. The molecule has 0 saturated carbocycles. The number of ether oxygens (including phenoxy) is 2. The van der Waals surface area contributed by atoms with Crippen LogP contribution < -0.4 is 10.1 Å². The standard InChI is InChI=1S/C23H29NO4/c1-17(16-25)24-22(26)23(10-12-28-13-11-23)15-18-6-5-7-19(14-18)20-8-3-4-9-21(20)27-2/h3-9,14,17,25H,10-13,15-16H2,1-2H3,(H,24,26)/t17-/m0/s1. The molecule has 0 unspecified atom stereocenters. The maximum Gasteiger partial charge on any atom is 0.227 e. The molecule has 1 amide bonds. The maximum absolute atomic E-state index is 13.1. The average Bonchev–Trinajstić information content (AvgIpc) is 2.74. The largest absolute Gasteiger partial charge is 0.496 e. The number of hydrogen-bond donors (Lipinski definition) is 2. The Balaban J connectivity index is 1.88. The molecule has 1 saturated heterocycles. The van der Waals surface area contributed by atoms with E-state index in [1.165, 1.54) is 0 Å². The van der Waals surface area contributed by atoms with Crippen molar-refractivity contribution in [3.8, 4) is 16.9 Å². The van der Waals surface area contributed by atoms with Gasteiger partial charge in [-0.25, -0.2) is 0 Å². The molecule has 5 heteroatoms. The van der Waals surface area contributed by atoms with Crippen LogP contribution in [0, 0.1) is 5.41 Å². The van der Waals surface area contributed by atoms with Gasteiger partial charge < -0.3 is 19.9 Å². The molecule has 1 fully saturated rings. The number of rotatable bonds is 7. The van der Waals surface area contributed by atoms with Gasteiger partial charge in [0.15, 0.2) is 0 Å². The highest BCUT2D eigenvalue weighted by Gasteiger charge is 2.40. The lowest BCUT2D eigenvalue weighted by atomic mass is 9.74. The zero-order valence-electron chi connectivity index (χ0n) is 16.6. The molecule has 0 bridgehead atoms. The van der Waals surface area contributed by atoms with Crippen LogP contribution in [-0.2, 0) is 16.0 Å². The molecule has 1 atom stereocenters. The predicted octanol–water partition coefficient (Wildman–Crippen LogP) is 3.20. The van der Waals surface area contributed by atoms with E-state index < -0.39 is 5.41 Å². The Kier molecular flexibility index (Phi) is 6.70. The molecule has 3 rings (SSSR count). The number of methoxy groups -OCH3 is 1. The number of amides is 1. The van der Waals surface area contributed by atoms with Crippen LogP contribution in [0.4, 0.5) is 0 Å². The quantitative estimate of drug-likeness (QED) is 0.771. The molecule has 0 aromatic heterocycles. The van der Waals surface area contributed by atoms with E-state index in [1.54, 1.807) is 7.11 Å². The minimum atomic E-state index is -0.513. The molecule has 28 heavy (non-hydrogen) atoms. The first kappa shape index (κ1) is 20.4. The summed E-state index contributed by atoms with van der Waals surface area (Å²) in [6, 6.07) is 16.0. The van der Waals surface area contributed by atoms with Gasteiger partial charge in [0.2, 0.25) is 5.91 Å². The summed E-state index contributed by atoms with van der Waals surface area (Å²) < 4.78 is 11.0. The second-order valence-electron chi connectivity index (χ2n) is 7.53. The van der Waals surface area contributed by atoms with E-state index in [9.17, 15) is 9.90 Å². The maximum atomic E-state index is 13.1. The zero-order valence-corrected chi connectivity index (χ0v) is 16.6. The van der Waals surface area contributed by atoms with Gasteiger partial charge in [-0.2, -0.15) is 0 Å². The summed E-state index contributed by atoms with van der Waals surface area (Å²) in [7, 11) is 1.67.